The van der Waals surface area contributed by atoms with Crippen molar-refractivity contribution in [2.75, 3.05) is 26.5 Å². The Morgan fingerprint density at radius 3 is 2.45 bits per heavy atom. The molecule has 29 heavy (non-hydrogen) atoms. The first-order valence-corrected chi connectivity index (χ1v) is 10.7. The molecule has 1 aromatic heterocycles. The summed E-state index contributed by atoms with van der Waals surface area (Å²) < 4.78 is 11.2. The highest BCUT2D eigenvalue weighted by Gasteiger charge is 2.42. The van der Waals surface area contributed by atoms with E-state index in [0.717, 1.165) is 21.6 Å². The number of hydrogen-bond acceptors (Lipinski definition) is 5. The van der Waals surface area contributed by atoms with Gasteiger partial charge in [-0.25, -0.2) is 0 Å². The molecule has 1 aliphatic rings. The van der Waals surface area contributed by atoms with Gasteiger partial charge in [0, 0.05) is 18.6 Å². The van der Waals surface area contributed by atoms with Crippen LogP contribution in [-0.4, -0.2) is 37.3 Å². The van der Waals surface area contributed by atoms with Gasteiger partial charge in [-0.05, 0) is 61.1 Å². The Kier molecular flexibility index (Phi) is 5.23. The Morgan fingerprint density at radius 2 is 1.79 bits per heavy atom. The van der Waals surface area contributed by atoms with Crippen molar-refractivity contribution in [2.45, 2.75) is 24.8 Å². The van der Waals surface area contributed by atoms with Crippen LogP contribution in [0, 0.1) is 13.8 Å². The maximum atomic E-state index is 13.5. The fourth-order valence-electron chi connectivity index (χ4n) is 3.83. The van der Waals surface area contributed by atoms with Crippen LogP contribution in [0.4, 0.5) is 0 Å². The van der Waals surface area contributed by atoms with E-state index in [0.29, 0.717) is 29.7 Å². The molecule has 0 spiro atoms. The fraction of sp³-hybridized carbons (Fsp3) is 0.304. The lowest BCUT2D eigenvalue weighted by molar-refractivity contribution is 0.0663. The summed E-state index contributed by atoms with van der Waals surface area (Å²) in [7, 11) is 1.60. The van der Waals surface area contributed by atoms with E-state index in [9.17, 15) is 9.59 Å². The predicted molar refractivity (Wildman–Crippen MR) is 115 cm³/mol. The van der Waals surface area contributed by atoms with Crippen LogP contribution in [0.5, 0.6) is 0 Å². The molecular weight excluding hydrogens is 386 g/mol. The van der Waals surface area contributed by atoms with Crippen molar-refractivity contribution in [3.63, 3.8) is 0 Å². The number of thioether (sulfide) groups is 1. The lowest BCUT2D eigenvalue weighted by Crippen LogP contribution is -2.32. The highest BCUT2D eigenvalue weighted by Crippen LogP contribution is 2.38. The van der Waals surface area contributed by atoms with E-state index in [2.05, 4.69) is 0 Å². The number of carbonyl (C=O) groups excluding carboxylic acids is 1. The Morgan fingerprint density at radius 1 is 1.10 bits per heavy atom. The molecule has 0 radical (unpaired) electrons. The third-order valence-corrected chi connectivity index (χ3v) is 6.29. The van der Waals surface area contributed by atoms with Crippen LogP contribution in [0.15, 0.2) is 50.5 Å². The van der Waals surface area contributed by atoms with Gasteiger partial charge in [-0.1, -0.05) is 12.1 Å². The van der Waals surface area contributed by atoms with E-state index in [-0.39, 0.29) is 17.1 Å². The minimum Gasteiger partial charge on any atom is -0.450 e. The topological polar surface area (TPSA) is 59.8 Å². The third kappa shape index (κ3) is 3.26. The van der Waals surface area contributed by atoms with Crippen molar-refractivity contribution in [1.82, 2.24) is 4.90 Å². The van der Waals surface area contributed by atoms with E-state index < -0.39 is 6.04 Å². The van der Waals surface area contributed by atoms with E-state index in [1.54, 1.807) is 23.8 Å². The lowest BCUT2D eigenvalue weighted by atomic mass is 9.97. The standard InChI is InChI=1S/C23H23NO4S/c1-13-11-17-18(12-14(13)2)28-22-19(21(17)25)20(24(23(22)26)9-10-27-3)15-5-7-16(29-4)8-6-15/h5-8,11-12,20H,9-10H2,1-4H3/t20-/m1/s1. The van der Waals surface area contributed by atoms with Gasteiger partial charge in [0.2, 0.25) is 5.76 Å². The molecule has 0 unspecified atom stereocenters. The van der Waals surface area contributed by atoms with Crippen molar-refractivity contribution >= 4 is 28.6 Å². The number of hydrogen-bond donors (Lipinski definition) is 0. The number of benzene rings is 2. The Labute approximate surface area is 173 Å². The zero-order chi connectivity index (χ0) is 20.7. The Hall–Kier alpha value is -2.57. The quantitative estimate of drug-likeness (QED) is 0.587. The van der Waals surface area contributed by atoms with Gasteiger partial charge in [-0.15, -0.1) is 11.8 Å². The van der Waals surface area contributed by atoms with Crippen molar-refractivity contribution in [2.24, 2.45) is 0 Å². The van der Waals surface area contributed by atoms with Gasteiger partial charge in [0.05, 0.1) is 23.6 Å². The highest BCUT2D eigenvalue weighted by molar-refractivity contribution is 7.98. The summed E-state index contributed by atoms with van der Waals surface area (Å²) in [5, 5.41) is 0.513. The summed E-state index contributed by atoms with van der Waals surface area (Å²) >= 11 is 1.65. The number of rotatable bonds is 5. The molecule has 0 fully saturated rings. The summed E-state index contributed by atoms with van der Waals surface area (Å²) in [4.78, 5) is 29.5. The van der Waals surface area contributed by atoms with Gasteiger partial charge in [0.25, 0.3) is 5.91 Å². The van der Waals surface area contributed by atoms with Crippen molar-refractivity contribution < 1.29 is 13.9 Å². The van der Waals surface area contributed by atoms with Crippen LogP contribution in [0.2, 0.25) is 0 Å². The average Bonchev–Trinajstić information content (AvgIpc) is 3.00. The molecule has 3 aromatic rings. The molecule has 6 heteroatoms. The molecule has 0 aliphatic carbocycles. The fourth-order valence-corrected chi connectivity index (χ4v) is 4.24. The second-order valence-corrected chi connectivity index (χ2v) is 8.15. The SMILES string of the molecule is COCCN1C(=O)c2oc3cc(C)c(C)cc3c(=O)c2[C@H]1c1ccc(SC)cc1. The summed E-state index contributed by atoms with van der Waals surface area (Å²) in [6, 6.07) is 11.2. The molecule has 0 saturated heterocycles. The highest BCUT2D eigenvalue weighted by atomic mass is 32.2. The van der Waals surface area contributed by atoms with Crippen molar-refractivity contribution in [3.05, 3.63) is 74.6 Å². The second-order valence-electron chi connectivity index (χ2n) is 7.27. The van der Waals surface area contributed by atoms with Gasteiger partial charge >= 0.3 is 0 Å². The minimum atomic E-state index is -0.481. The van der Waals surface area contributed by atoms with E-state index in [1.165, 1.54) is 0 Å². The van der Waals surface area contributed by atoms with Crippen LogP contribution in [0.3, 0.4) is 0 Å². The van der Waals surface area contributed by atoms with E-state index >= 15 is 0 Å². The van der Waals surface area contributed by atoms with E-state index in [1.807, 2.05) is 56.5 Å². The molecule has 2 heterocycles. The van der Waals surface area contributed by atoms with Crippen LogP contribution in [0.25, 0.3) is 11.0 Å². The van der Waals surface area contributed by atoms with Crippen molar-refractivity contribution in [1.29, 1.82) is 0 Å². The number of methoxy groups -OCH3 is 1. The molecule has 0 saturated carbocycles. The van der Waals surface area contributed by atoms with Crippen LogP contribution < -0.4 is 5.43 Å². The maximum absolute atomic E-state index is 13.5. The number of amides is 1. The maximum Gasteiger partial charge on any atom is 0.290 e. The van der Waals surface area contributed by atoms with E-state index in [4.69, 9.17) is 9.15 Å². The number of nitrogens with zero attached hydrogens (tertiary/aromatic N) is 1. The van der Waals surface area contributed by atoms with Gasteiger partial charge in [0.15, 0.2) is 5.43 Å². The van der Waals surface area contributed by atoms with Gasteiger partial charge in [-0.2, -0.15) is 0 Å². The molecule has 150 valence electrons. The van der Waals surface area contributed by atoms with Crippen LogP contribution in [0.1, 0.15) is 38.9 Å². The zero-order valence-electron chi connectivity index (χ0n) is 16.9. The Bertz CT molecular complexity index is 1150. The number of carbonyl (C=O) groups is 1. The monoisotopic (exact) mass is 409 g/mol. The molecule has 0 bridgehead atoms. The summed E-state index contributed by atoms with van der Waals surface area (Å²) in [5.74, 6) is -0.131. The van der Waals surface area contributed by atoms with Crippen LogP contribution >= 0.6 is 11.8 Å². The molecule has 0 N–H and O–H groups in total. The Balaban J connectivity index is 1.95. The smallest absolute Gasteiger partial charge is 0.290 e. The molecule has 1 atom stereocenters. The molecule has 5 nitrogen and oxygen atoms in total. The van der Waals surface area contributed by atoms with Crippen LogP contribution in [-0.2, 0) is 4.74 Å². The summed E-state index contributed by atoms with van der Waals surface area (Å²) in [5.41, 5.74) is 3.66. The first kappa shape index (κ1) is 19.7. The first-order chi connectivity index (χ1) is 14.0. The molecule has 4 rings (SSSR count). The van der Waals surface area contributed by atoms with Gasteiger partial charge in [0.1, 0.15) is 5.58 Å². The first-order valence-electron chi connectivity index (χ1n) is 9.48. The zero-order valence-corrected chi connectivity index (χ0v) is 17.8. The third-order valence-electron chi connectivity index (χ3n) is 5.55. The number of aryl methyl sites for hydroxylation is 2. The lowest BCUT2D eigenvalue weighted by Gasteiger charge is -2.24. The second kappa shape index (κ2) is 7.69. The summed E-state index contributed by atoms with van der Waals surface area (Å²) in [6.45, 7) is 4.69. The molecule has 2 aromatic carbocycles. The number of ether oxygens (including phenoxy) is 1. The van der Waals surface area contributed by atoms with Gasteiger partial charge < -0.3 is 14.1 Å². The average molecular weight is 410 g/mol. The molecule has 1 amide bonds. The largest absolute Gasteiger partial charge is 0.450 e. The molecule has 1 aliphatic heterocycles. The van der Waals surface area contributed by atoms with Gasteiger partial charge in [-0.3, -0.25) is 9.59 Å². The molecular formula is C23H23NO4S. The predicted octanol–water partition coefficient (Wildman–Crippen LogP) is 4.32. The summed E-state index contributed by atoms with van der Waals surface area (Å²) in [6.07, 6.45) is 2.01. The minimum absolute atomic E-state index is 0.140. The van der Waals surface area contributed by atoms with Crippen molar-refractivity contribution in [3.8, 4) is 0 Å². The normalized spacial score (nSPS) is 15.9. The number of fused-ring (bicyclic) bond motifs is 2.